The number of nitrogens with zero attached hydrogens (tertiary/aromatic N) is 1. The Labute approximate surface area is 212 Å². The van der Waals surface area contributed by atoms with E-state index in [1.165, 1.54) is 21.1 Å². The van der Waals surface area contributed by atoms with Gasteiger partial charge in [0.2, 0.25) is 0 Å². The maximum atomic E-state index is 13.3. The fraction of sp³-hybridized carbons (Fsp3) is 0.400. The molecule has 2 atom stereocenters. The van der Waals surface area contributed by atoms with Crippen LogP contribution in [0.15, 0.2) is 30.3 Å². The van der Waals surface area contributed by atoms with E-state index < -0.39 is 18.2 Å². The topological polar surface area (TPSA) is 102 Å². The molecule has 1 N–H and O–H groups in total. The first-order valence-corrected chi connectivity index (χ1v) is 11.9. The van der Waals surface area contributed by atoms with Crippen molar-refractivity contribution in [3.05, 3.63) is 50.6 Å². The monoisotopic (exact) mass is 581 g/mol. The predicted molar refractivity (Wildman–Crippen MR) is 134 cm³/mol. The van der Waals surface area contributed by atoms with Gasteiger partial charge in [0.15, 0.2) is 11.6 Å². The molecule has 2 aromatic rings. The number of likely N-dealkylation sites (N-methyl/N-ethyl adjacent to an activating group) is 1. The number of hydrogen-bond acceptors (Lipinski definition) is 8. The van der Waals surface area contributed by atoms with Crippen molar-refractivity contribution in [2.75, 3.05) is 34.4 Å². The summed E-state index contributed by atoms with van der Waals surface area (Å²) in [7, 11) is 4.77. The van der Waals surface area contributed by atoms with Crippen LogP contribution in [0.2, 0.25) is 0 Å². The average Bonchev–Trinajstić information content (AvgIpc) is 3.16. The van der Waals surface area contributed by atoms with Crippen LogP contribution >= 0.6 is 22.6 Å². The second kappa shape index (κ2) is 11.2. The summed E-state index contributed by atoms with van der Waals surface area (Å²) in [5.41, 5.74) is 0.805. The third kappa shape index (κ3) is 5.52. The maximum absolute atomic E-state index is 13.3. The lowest BCUT2D eigenvalue weighted by Crippen LogP contribution is -2.34. The van der Waals surface area contributed by atoms with Gasteiger partial charge in [-0.05, 0) is 54.7 Å². The van der Waals surface area contributed by atoms with E-state index in [4.69, 9.17) is 14.2 Å². The summed E-state index contributed by atoms with van der Waals surface area (Å²) in [5, 5.41) is 11.3. The molecule has 1 saturated heterocycles. The third-order valence-corrected chi connectivity index (χ3v) is 6.77. The summed E-state index contributed by atoms with van der Waals surface area (Å²) in [6.45, 7) is 2.19. The Morgan fingerprint density at radius 2 is 1.82 bits per heavy atom. The molecule has 1 heterocycles. The van der Waals surface area contributed by atoms with Crippen LogP contribution in [0.5, 0.6) is 17.2 Å². The Hall–Kier alpha value is -2.66. The number of phenolic OH excluding ortho intramolecular Hbond substituents is 1. The number of ether oxygens (including phenoxy) is 3. The van der Waals surface area contributed by atoms with Crippen molar-refractivity contribution >= 4 is 40.1 Å². The third-order valence-electron chi connectivity index (χ3n) is 6.10. The van der Waals surface area contributed by atoms with Crippen molar-refractivity contribution in [1.29, 1.82) is 0 Å². The van der Waals surface area contributed by atoms with E-state index in [-0.39, 0.29) is 41.4 Å². The molecule has 3 rings (SSSR count). The van der Waals surface area contributed by atoms with Gasteiger partial charge >= 0.3 is 5.97 Å². The van der Waals surface area contributed by atoms with Crippen LogP contribution in [0.3, 0.4) is 0 Å². The fourth-order valence-electron chi connectivity index (χ4n) is 4.38. The molecular weight excluding hydrogens is 553 g/mol. The van der Waals surface area contributed by atoms with Crippen molar-refractivity contribution in [2.24, 2.45) is 0 Å². The highest BCUT2D eigenvalue weighted by Gasteiger charge is 2.39. The molecule has 0 radical (unpaired) electrons. The number of methoxy groups -OCH3 is 2. The van der Waals surface area contributed by atoms with Crippen LogP contribution in [0.25, 0.3) is 0 Å². The summed E-state index contributed by atoms with van der Waals surface area (Å²) >= 11 is 2.10. The molecule has 9 heteroatoms. The molecular formula is C25H28INO7. The summed E-state index contributed by atoms with van der Waals surface area (Å²) < 4.78 is 17.1. The molecule has 0 saturated carbocycles. The van der Waals surface area contributed by atoms with Gasteiger partial charge in [-0.2, -0.15) is 0 Å². The van der Waals surface area contributed by atoms with Crippen LogP contribution in [0.4, 0.5) is 0 Å². The molecule has 0 bridgehead atoms. The maximum Gasteiger partial charge on any atom is 0.302 e. The van der Waals surface area contributed by atoms with Gasteiger partial charge in [0, 0.05) is 33.6 Å². The Balaban J connectivity index is 2.01. The lowest BCUT2D eigenvalue weighted by molar-refractivity contribution is -0.142. The fourth-order valence-corrected chi connectivity index (χ4v) is 4.93. The van der Waals surface area contributed by atoms with Gasteiger partial charge < -0.3 is 19.3 Å². The molecule has 2 aromatic carbocycles. The van der Waals surface area contributed by atoms with Gasteiger partial charge in [0.1, 0.15) is 29.4 Å². The molecule has 0 aromatic heterocycles. The van der Waals surface area contributed by atoms with Gasteiger partial charge in [-0.15, -0.1) is 0 Å². The number of rotatable bonds is 9. The normalized spacial score (nSPS) is 17.9. The average molecular weight is 581 g/mol. The number of ketones is 2. The van der Waals surface area contributed by atoms with Gasteiger partial charge in [-0.25, -0.2) is 0 Å². The SMILES string of the molecule is COc1cc(OC)c(C2CCN(C)C2COC(C)=O)c(O)c1C(=O)CC(=O)c1cccc(I)c1. The number of likely N-dealkylation sites (tertiary alicyclic amines) is 1. The predicted octanol–water partition coefficient (Wildman–Crippen LogP) is 3.82. The van der Waals surface area contributed by atoms with E-state index in [9.17, 15) is 19.5 Å². The minimum absolute atomic E-state index is 0.0573. The zero-order chi connectivity index (χ0) is 25.0. The number of carbonyl (C=O) groups is 3. The summed E-state index contributed by atoms with van der Waals surface area (Å²) in [5.74, 6) is -1.34. The van der Waals surface area contributed by atoms with Crippen molar-refractivity contribution in [2.45, 2.75) is 31.7 Å². The minimum Gasteiger partial charge on any atom is -0.507 e. The van der Waals surface area contributed by atoms with E-state index in [0.717, 1.165) is 3.57 Å². The number of aromatic hydroxyl groups is 1. The standard InChI is InChI=1S/C25H28INO7/c1-14(28)34-13-18-17(8-9-27(18)2)23-21(32-3)12-22(33-4)24(25(23)31)20(30)11-19(29)15-6-5-7-16(26)10-15/h5-7,10,12,17-18,31H,8-9,11,13H2,1-4H3. The summed E-state index contributed by atoms with van der Waals surface area (Å²) in [6.07, 6.45) is 0.241. The summed E-state index contributed by atoms with van der Waals surface area (Å²) in [4.78, 5) is 39.5. The zero-order valence-electron chi connectivity index (χ0n) is 19.6. The summed E-state index contributed by atoms with van der Waals surface area (Å²) in [6, 6.07) is 8.31. The number of esters is 1. The molecule has 1 aliphatic rings. The Morgan fingerprint density at radius 3 is 2.44 bits per heavy atom. The van der Waals surface area contributed by atoms with Crippen molar-refractivity contribution < 1.29 is 33.7 Å². The second-order valence-corrected chi connectivity index (χ2v) is 9.44. The highest BCUT2D eigenvalue weighted by atomic mass is 127. The van der Waals surface area contributed by atoms with E-state index in [1.807, 2.05) is 18.0 Å². The molecule has 2 unspecified atom stereocenters. The molecule has 1 aliphatic heterocycles. The van der Waals surface area contributed by atoms with Gasteiger partial charge in [-0.1, -0.05) is 12.1 Å². The number of benzene rings is 2. The van der Waals surface area contributed by atoms with Crippen LogP contribution in [-0.4, -0.2) is 68.0 Å². The van der Waals surface area contributed by atoms with Crippen LogP contribution in [-0.2, 0) is 9.53 Å². The quantitative estimate of drug-likeness (QED) is 0.207. The largest absolute Gasteiger partial charge is 0.507 e. The van der Waals surface area contributed by atoms with Crippen LogP contribution < -0.4 is 9.47 Å². The van der Waals surface area contributed by atoms with E-state index >= 15 is 0 Å². The Kier molecular flexibility index (Phi) is 8.53. The number of phenols is 1. The number of halogens is 1. The first kappa shape index (κ1) is 26.0. The lowest BCUT2D eigenvalue weighted by atomic mass is 9.87. The second-order valence-electron chi connectivity index (χ2n) is 8.20. The first-order valence-electron chi connectivity index (χ1n) is 10.8. The number of carbonyl (C=O) groups excluding carboxylic acids is 3. The molecule has 0 amide bonds. The number of hydrogen-bond donors (Lipinski definition) is 1. The molecule has 0 spiro atoms. The zero-order valence-corrected chi connectivity index (χ0v) is 21.7. The van der Waals surface area contributed by atoms with Gasteiger partial charge in [-0.3, -0.25) is 19.3 Å². The van der Waals surface area contributed by atoms with Gasteiger partial charge in [0.05, 0.1) is 26.7 Å². The smallest absolute Gasteiger partial charge is 0.302 e. The van der Waals surface area contributed by atoms with Crippen LogP contribution in [0.1, 0.15) is 52.0 Å². The molecule has 0 aliphatic carbocycles. The minimum atomic E-state index is -0.551. The van der Waals surface area contributed by atoms with Crippen molar-refractivity contribution in [3.8, 4) is 17.2 Å². The Morgan fingerprint density at radius 1 is 1.12 bits per heavy atom. The first-order chi connectivity index (χ1) is 16.2. The van der Waals surface area contributed by atoms with Gasteiger partial charge in [0.25, 0.3) is 0 Å². The van der Waals surface area contributed by atoms with Crippen molar-refractivity contribution in [1.82, 2.24) is 4.90 Å². The Bertz CT molecular complexity index is 1100. The lowest BCUT2D eigenvalue weighted by Gasteiger charge is -2.27. The number of Topliss-reactive ketones (excluding diaryl/α,β-unsaturated/α-hetero) is 2. The highest BCUT2D eigenvalue weighted by molar-refractivity contribution is 14.1. The van der Waals surface area contributed by atoms with Crippen molar-refractivity contribution in [3.63, 3.8) is 0 Å². The van der Waals surface area contributed by atoms with E-state index in [1.54, 1.807) is 24.3 Å². The molecule has 1 fully saturated rings. The molecule has 182 valence electrons. The van der Waals surface area contributed by atoms with E-state index in [0.29, 0.717) is 29.8 Å². The molecule has 8 nitrogen and oxygen atoms in total. The van der Waals surface area contributed by atoms with E-state index in [2.05, 4.69) is 22.6 Å². The highest BCUT2D eigenvalue weighted by Crippen LogP contribution is 2.47. The molecule has 34 heavy (non-hydrogen) atoms. The van der Waals surface area contributed by atoms with Crippen LogP contribution in [0, 0.1) is 3.57 Å².